The largest absolute Gasteiger partial charge is 0.393 e. The summed E-state index contributed by atoms with van der Waals surface area (Å²) in [5.41, 5.74) is 0.645. The number of halogens is 3. The van der Waals surface area contributed by atoms with E-state index in [-0.39, 0.29) is 5.69 Å². The standard InChI is InChI=1S/C16H20BrF2N5O2S/c1-9-13(22-16(17)27-9)14(26)21-11-7-20-24(8-12(18)19)15(11)23-5-2-3-10(25)4-6-23/h7,10,12,25H,2-6,8H2,1H3,(H,21,26). The number of alkyl halides is 2. The summed E-state index contributed by atoms with van der Waals surface area (Å²) < 4.78 is 27.8. The van der Waals surface area contributed by atoms with Crippen LogP contribution in [-0.2, 0) is 6.54 Å². The van der Waals surface area contributed by atoms with Crippen LogP contribution in [0.2, 0.25) is 0 Å². The zero-order valence-electron chi connectivity index (χ0n) is 14.7. The number of aromatic nitrogens is 3. The van der Waals surface area contributed by atoms with Gasteiger partial charge in [-0.2, -0.15) is 5.10 Å². The molecule has 0 radical (unpaired) electrons. The highest BCUT2D eigenvalue weighted by Crippen LogP contribution is 2.30. The topological polar surface area (TPSA) is 83.3 Å². The van der Waals surface area contributed by atoms with Crippen molar-refractivity contribution in [1.82, 2.24) is 14.8 Å². The van der Waals surface area contributed by atoms with Crippen molar-refractivity contribution in [1.29, 1.82) is 0 Å². The Balaban J connectivity index is 1.89. The summed E-state index contributed by atoms with van der Waals surface area (Å²) >= 11 is 4.60. The Labute approximate surface area is 167 Å². The van der Waals surface area contributed by atoms with Crippen molar-refractivity contribution in [3.8, 4) is 0 Å². The Morgan fingerprint density at radius 1 is 1.48 bits per heavy atom. The van der Waals surface area contributed by atoms with Crippen LogP contribution in [0.5, 0.6) is 0 Å². The molecule has 148 valence electrons. The summed E-state index contributed by atoms with van der Waals surface area (Å²) in [7, 11) is 0. The molecular formula is C16H20BrF2N5O2S. The first-order valence-electron chi connectivity index (χ1n) is 8.56. The van der Waals surface area contributed by atoms with E-state index in [2.05, 4.69) is 31.3 Å². The van der Waals surface area contributed by atoms with Crippen LogP contribution >= 0.6 is 27.3 Å². The maximum Gasteiger partial charge on any atom is 0.275 e. The number of rotatable bonds is 5. The molecule has 1 fully saturated rings. The molecule has 0 spiro atoms. The third-order valence-electron chi connectivity index (χ3n) is 4.35. The van der Waals surface area contributed by atoms with Crippen molar-refractivity contribution in [2.45, 2.75) is 45.3 Å². The van der Waals surface area contributed by atoms with Crippen LogP contribution in [-0.4, -0.2) is 51.4 Å². The van der Waals surface area contributed by atoms with Gasteiger partial charge in [-0.3, -0.25) is 4.79 Å². The first kappa shape index (κ1) is 20.2. The molecule has 27 heavy (non-hydrogen) atoms. The molecule has 1 amide bonds. The van der Waals surface area contributed by atoms with Gasteiger partial charge in [-0.15, -0.1) is 11.3 Å². The number of nitrogens with zero attached hydrogens (tertiary/aromatic N) is 4. The highest BCUT2D eigenvalue weighted by atomic mass is 79.9. The van der Waals surface area contributed by atoms with E-state index in [1.54, 1.807) is 6.92 Å². The number of anilines is 2. The van der Waals surface area contributed by atoms with E-state index < -0.39 is 25.0 Å². The predicted octanol–water partition coefficient (Wildman–Crippen LogP) is 3.28. The minimum atomic E-state index is -2.57. The molecule has 2 aromatic rings. The summed E-state index contributed by atoms with van der Waals surface area (Å²) in [6.45, 7) is 2.32. The van der Waals surface area contributed by atoms with E-state index >= 15 is 0 Å². The van der Waals surface area contributed by atoms with Gasteiger partial charge < -0.3 is 15.3 Å². The van der Waals surface area contributed by atoms with Crippen LogP contribution < -0.4 is 10.2 Å². The second-order valence-electron chi connectivity index (χ2n) is 6.35. The van der Waals surface area contributed by atoms with E-state index in [9.17, 15) is 18.7 Å². The maximum absolute atomic E-state index is 13.0. The Kier molecular flexibility index (Phi) is 6.43. The number of nitrogens with one attached hydrogen (secondary N) is 1. The fourth-order valence-corrected chi connectivity index (χ4v) is 4.64. The van der Waals surface area contributed by atoms with E-state index in [4.69, 9.17) is 0 Å². The lowest BCUT2D eigenvalue weighted by molar-refractivity contribution is 0.102. The average Bonchev–Trinajstić information content (AvgIpc) is 3.04. The first-order valence-corrected chi connectivity index (χ1v) is 10.2. The predicted molar refractivity (Wildman–Crippen MR) is 103 cm³/mol. The van der Waals surface area contributed by atoms with Gasteiger partial charge >= 0.3 is 0 Å². The van der Waals surface area contributed by atoms with Crippen molar-refractivity contribution in [3.05, 3.63) is 20.7 Å². The molecule has 2 aromatic heterocycles. The third kappa shape index (κ3) is 4.82. The minimum absolute atomic E-state index is 0.283. The summed E-state index contributed by atoms with van der Waals surface area (Å²) in [4.78, 5) is 19.4. The molecule has 1 unspecified atom stereocenters. The maximum atomic E-state index is 13.0. The monoisotopic (exact) mass is 463 g/mol. The van der Waals surface area contributed by atoms with Gasteiger partial charge in [0.1, 0.15) is 17.9 Å². The second kappa shape index (κ2) is 8.61. The molecule has 3 heterocycles. The number of aliphatic hydroxyl groups excluding tert-OH is 1. The lowest BCUT2D eigenvalue weighted by Gasteiger charge is -2.25. The number of aliphatic hydroxyl groups is 1. The van der Waals surface area contributed by atoms with E-state index in [0.717, 1.165) is 11.3 Å². The van der Waals surface area contributed by atoms with Gasteiger partial charge in [0.2, 0.25) is 0 Å². The van der Waals surface area contributed by atoms with E-state index in [1.807, 2.05) is 4.90 Å². The molecule has 3 rings (SSSR count). The number of amides is 1. The highest BCUT2D eigenvalue weighted by Gasteiger charge is 2.25. The van der Waals surface area contributed by atoms with Gasteiger partial charge in [0.25, 0.3) is 12.3 Å². The molecule has 0 bridgehead atoms. The average molecular weight is 464 g/mol. The Bertz CT molecular complexity index is 813. The molecule has 11 heteroatoms. The second-order valence-corrected chi connectivity index (χ2v) is 8.83. The Morgan fingerprint density at radius 2 is 2.26 bits per heavy atom. The zero-order valence-corrected chi connectivity index (χ0v) is 17.1. The first-order chi connectivity index (χ1) is 12.8. The molecule has 0 aliphatic carbocycles. The molecule has 2 N–H and O–H groups in total. The van der Waals surface area contributed by atoms with Gasteiger partial charge in [0.15, 0.2) is 9.73 Å². The number of hydrogen-bond donors (Lipinski definition) is 2. The Hall–Kier alpha value is -1.59. The Morgan fingerprint density at radius 3 is 2.93 bits per heavy atom. The van der Waals surface area contributed by atoms with Gasteiger partial charge in [0.05, 0.1) is 12.3 Å². The highest BCUT2D eigenvalue weighted by molar-refractivity contribution is 9.11. The summed E-state index contributed by atoms with van der Waals surface area (Å²) in [5.74, 6) is 0.0202. The van der Waals surface area contributed by atoms with Crippen LogP contribution in [0.3, 0.4) is 0 Å². The van der Waals surface area contributed by atoms with Crippen molar-refractivity contribution < 1.29 is 18.7 Å². The number of carbonyl (C=O) groups is 1. The van der Waals surface area contributed by atoms with Gasteiger partial charge in [0, 0.05) is 18.0 Å². The van der Waals surface area contributed by atoms with Gasteiger partial charge in [-0.05, 0) is 42.1 Å². The van der Waals surface area contributed by atoms with Crippen molar-refractivity contribution in [3.63, 3.8) is 0 Å². The summed E-state index contributed by atoms with van der Waals surface area (Å²) in [6.07, 6.45) is 0.329. The minimum Gasteiger partial charge on any atom is -0.393 e. The number of hydrogen-bond acceptors (Lipinski definition) is 6. The van der Waals surface area contributed by atoms with Gasteiger partial charge in [-0.1, -0.05) is 0 Å². The fourth-order valence-electron chi connectivity index (χ4n) is 3.11. The SMILES string of the molecule is Cc1sc(Br)nc1C(=O)Nc1cnn(CC(F)F)c1N1CCCC(O)CC1. The van der Waals surface area contributed by atoms with Crippen LogP contribution in [0, 0.1) is 6.92 Å². The van der Waals surface area contributed by atoms with Crippen molar-refractivity contribution >= 4 is 44.7 Å². The quantitative estimate of drug-likeness (QED) is 0.710. The molecule has 0 aromatic carbocycles. The van der Waals surface area contributed by atoms with Crippen molar-refractivity contribution in [2.75, 3.05) is 23.3 Å². The van der Waals surface area contributed by atoms with Crippen molar-refractivity contribution in [2.24, 2.45) is 0 Å². The molecule has 0 saturated carbocycles. The van der Waals surface area contributed by atoms with E-state index in [0.29, 0.717) is 41.4 Å². The zero-order chi connectivity index (χ0) is 19.6. The van der Waals surface area contributed by atoms with Crippen LogP contribution in [0.4, 0.5) is 20.3 Å². The van der Waals surface area contributed by atoms with E-state index in [1.165, 1.54) is 22.2 Å². The molecular weight excluding hydrogens is 444 g/mol. The molecule has 1 atom stereocenters. The smallest absolute Gasteiger partial charge is 0.275 e. The number of carbonyl (C=O) groups excluding carboxylic acids is 1. The molecule has 1 aliphatic rings. The fraction of sp³-hybridized carbons (Fsp3) is 0.562. The molecule has 1 aliphatic heterocycles. The number of aryl methyl sites for hydroxylation is 1. The van der Waals surface area contributed by atoms with Gasteiger partial charge in [-0.25, -0.2) is 18.4 Å². The lowest BCUT2D eigenvalue weighted by atomic mass is 10.2. The third-order valence-corrected chi connectivity index (χ3v) is 5.78. The van der Waals surface area contributed by atoms with Crippen LogP contribution in [0.1, 0.15) is 34.6 Å². The summed E-state index contributed by atoms with van der Waals surface area (Å²) in [6, 6.07) is 0. The number of thiazole rings is 1. The van der Waals surface area contributed by atoms with Crippen LogP contribution in [0.15, 0.2) is 10.1 Å². The van der Waals surface area contributed by atoms with Crippen LogP contribution in [0.25, 0.3) is 0 Å². The molecule has 7 nitrogen and oxygen atoms in total. The lowest BCUT2D eigenvalue weighted by Crippen LogP contribution is -2.29. The summed E-state index contributed by atoms with van der Waals surface area (Å²) in [5, 5.41) is 16.7. The molecule has 1 saturated heterocycles. The normalized spacial score (nSPS) is 18.0.